The number of rotatable bonds is 22. The Kier molecular flexibility index (Phi) is 15.9. The van der Waals surface area contributed by atoms with Gasteiger partial charge in [-0.2, -0.15) is 0 Å². The van der Waals surface area contributed by atoms with Crippen LogP contribution in [0.5, 0.6) is 0 Å². The van der Waals surface area contributed by atoms with E-state index in [2.05, 4.69) is 31.9 Å². The number of nitrogens with one attached hydrogen (secondary N) is 6. The molecule has 0 spiro atoms. The maximum Gasteiger partial charge on any atom is 0.305 e. The van der Waals surface area contributed by atoms with Gasteiger partial charge in [0.1, 0.15) is 12.1 Å². The van der Waals surface area contributed by atoms with E-state index in [0.29, 0.717) is 18.7 Å². The molecule has 3 aromatic carbocycles. The molecule has 3 atom stereocenters. The van der Waals surface area contributed by atoms with Crippen molar-refractivity contribution in [3.63, 3.8) is 0 Å². The van der Waals surface area contributed by atoms with Crippen molar-refractivity contribution in [3.8, 4) is 11.1 Å². The van der Waals surface area contributed by atoms with Gasteiger partial charge in [-0.1, -0.05) is 85.5 Å². The minimum absolute atomic E-state index is 0.00744. The first-order valence-electron chi connectivity index (χ1n) is 17.6. The van der Waals surface area contributed by atoms with Crippen LogP contribution in [0, 0.1) is 0 Å². The summed E-state index contributed by atoms with van der Waals surface area (Å²) in [6.07, 6.45) is -0.579. The normalized spacial score (nSPS) is 13.9. The van der Waals surface area contributed by atoms with Gasteiger partial charge in [-0.15, -0.1) is 0 Å². The van der Waals surface area contributed by atoms with Crippen molar-refractivity contribution >= 4 is 29.6 Å². The highest BCUT2D eigenvalue weighted by atomic mass is 16.4. The van der Waals surface area contributed by atoms with Gasteiger partial charge in [0.25, 0.3) is 0 Å². The minimum atomic E-state index is -2.76. The minimum Gasteiger partial charge on any atom is -0.843 e. The lowest BCUT2D eigenvalue weighted by Gasteiger charge is -2.22. The molecule has 0 heterocycles. The number of carbonyl (C=O) groups is 5. The molecule has 51 heavy (non-hydrogen) atoms. The van der Waals surface area contributed by atoms with E-state index in [9.17, 15) is 34.2 Å². The van der Waals surface area contributed by atoms with E-state index >= 15 is 0 Å². The van der Waals surface area contributed by atoms with Crippen LogP contribution in [-0.2, 0) is 43.5 Å². The zero-order chi connectivity index (χ0) is 38.8. The monoisotopic (exact) mass is 705 g/mol. The maximum atomic E-state index is 13.4. The second-order valence-corrected chi connectivity index (χ2v) is 11.9. The van der Waals surface area contributed by atoms with E-state index in [-0.39, 0.29) is 45.1 Å². The molecule has 0 aliphatic carbocycles. The van der Waals surface area contributed by atoms with Crippen molar-refractivity contribution in [1.29, 1.82) is 0 Å². The third-order valence-corrected chi connectivity index (χ3v) is 7.82. The highest BCUT2D eigenvalue weighted by Crippen LogP contribution is 2.20. The molecule has 0 aromatic heterocycles. The molecule has 7 N–H and O–H groups in total. The molecule has 0 radical (unpaired) electrons. The number of hydrogen-bond donors (Lipinski definition) is 7. The SMILES string of the molecule is [2H]C([3H])([O-])NCCN(CCNC)CC(=O)NCc1cccc(CNC(=O)[C@H](CC(=O)O)NC(=O)[C@H](Cc2ccc(-c3ccccc3)cc2)NC(C)=O)c1. The number of amides is 4. The van der Waals surface area contributed by atoms with E-state index in [4.69, 9.17) is 2.74 Å². The van der Waals surface area contributed by atoms with Crippen LogP contribution in [-0.4, -0.2) is 98.1 Å². The van der Waals surface area contributed by atoms with Gasteiger partial charge in [-0.3, -0.25) is 28.9 Å². The number of hydrogen-bond acceptors (Lipinski definition) is 9. The van der Waals surface area contributed by atoms with Crippen LogP contribution in [0.4, 0.5) is 0 Å². The molecular weight excluding hydrogens is 654 g/mol. The number of carboxylic acid groups (broad SMARTS) is 1. The van der Waals surface area contributed by atoms with Crippen molar-refractivity contribution in [2.45, 2.75) is 44.9 Å². The molecule has 0 aliphatic rings. The fourth-order valence-corrected chi connectivity index (χ4v) is 5.24. The van der Waals surface area contributed by atoms with Gasteiger partial charge < -0.3 is 42.1 Å². The van der Waals surface area contributed by atoms with Crippen molar-refractivity contribution in [3.05, 3.63) is 95.6 Å². The first kappa shape index (κ1) is 37.1. The Bertz CT molecular complexity index is 1660. The summed E-state index contributed by atoms with van der Waals surface area (Å²) in [6.45, 7) is 0.156. The molecular formula is C37H48N7O7-. The number of nitrogens with zero attached hydrogens (tertiary/aromatic N) is 1. The van der Waals surface area contributed by atoms with Crippen LogP contribution in [0.25, 0.3) is 11.1 Å². The summed E-state index contributed by atoms with van der Waals surface area (Å²) in [5, 5.41) is 36.5. The Morgan fingerprint density at radius 3 is 2.10 bits per heavy atom. The second kappa shape index (κ2) is 21.8. The number of carbonyl (C=O) groups excluding carboxylic acids is 4. The van der Waals surface area contributed by atoms with E-state index in [1.807, 2.05) is 54.6 Å². The van der Waals surface area contributed by atoms with Gasteiger partial charge in [0.05, 0.1) is 13.0 Å². The fourth-order valence-electron chi connectivity index (χ4n) is 5.24. The summed E-state index contributed by atoms with van der Waals surface area (Å²) in [5.74, 6) is -3.49. The molecule has 0 aliphatic heterocycles. The Labute approximate surface area is 301 Å². The van der Waals surface area contributed by atoms with E-state index in [0.717, 1.165) is 22.3 Å². The van der Waals surface area contributed by atoms with E-state index < -0.39 is 48.9 Å². The van der Waals surface area contributed by atoms with Crippen LogP contribution in [0.3, 0.4) is 0 Å². The van der Waals surface area contributed by atoms with Gasteiger partial charge >= 0.3 is 5.97 Å². The molecule has 3 aromatic rings. The number of likely N-dealkylation sites (N-methyl/N-ethyl adjacent to an activating group) is 1. The number of aliphatic carboxylic acids is 1. The number of carboxylic acids is 1. The molecule has 0 fully saturated rings. The van der Waals surface area contributed by atoms with Gasteiger partial charge in [-0.05, 0) is 34.9 Å². The van der Waals surface area contributed by atoms with Crippen molar-refractivity contribution in [2.24, 2.45) is 0 Å². The molecule has 0 bridgehead atoms. The highest BCUT2D eigenvalue weighted by molar-refractivity contribution is 5.93. The molecule has 14 nitrogen and oxygen atoms in total. The first-order chi connectivity index (χ1) is 25.2. The van der Waals surface area contributed by atoms with Gasteiger partial charge in [0.2, 0.25) is 23.6 Å². The summed E-state index contributed by atoms with van der Waals surface area (Å²) in [4.78, 5) is 64.7. The average molecular weight is 706 g/mol. The Morgan fingerprint density at radius 2 is 1.47 bits per heavy atom. The molecule has 0 saturated carbocycles. The molecule has 1 unspecified atom stereocenters. The quantitative estimate of drug-likeness (QED) is 0.0682. The molecule has 0 saturated heterocycles. The lowest BCUT2D eigenvalue weighted by atomic mass is 10.00. The van der Waals surface area contributed by atoms with Crippen LogP contribution < -0.4 is 37.0 Å². The van der Waals surface area contributed by atoms with Crippen LogP contribution >= 0.6 is 0 Å². The Balaban J connectivity index is 1.57. The first-order valence-corrected chi connectivity index (χ1v) is 16.6. The summed E-state index contributed by atoms with van der Waals surface area (Å²) in [5.41, 5.74) is 4.14. The van der Waals surface area contributed by atoms with Crippen molar-refractivity contribution < 1.29 is 36.9 Å². The van der Waals surface area contributed by atoms with Gasteiger partial charge in [0.15, 0.2) is 0 Å². The average Bonchev–Trinajstić information content (AvgIpc) is 3.11. The largest absolute Gasteiger partial charge is 0.843 e. The van der Waals surface area contributed by atoms with E-state index in [1.165, 1.54) is 6.92 Å². The molecule has 3 rings (SSSR count). The molecule has 274 valence electrons. The smallest absolute Gasteiger partial charge is 0.305 e. The third kappa shape index (κ3) is 15.1. The summed E-state index contributed by atoms with van der Waals surface area (Å²) in [7, 11) is 1.77. The zero-order valence-electron chi connectivity index (χ0n) is 30.9. The van der Waals surface area contributed by atoms with Crippen LogP contribution in [0.2, 0.25) is 0 Å². The maximum absolute atomic E-state index is 13.4. The Morgan fingerprint density at radius 1 is 0.824 bits per heavy atom. The third-order valence-electron chi connectivity index (χ3n) is 7.82. The van der Waals surface area contributed by atoms with Gasteiger partial charge in [0, 0.05) is 55.4 Å². The van der Waals surface area contributed by atoms with Crippen LogP contribution in [0.1, 0.15) is 32.8 Å². The molecule has 14 heteroatoms. The summed E-state index contributed by atoms with van der Waals surface area (Å²) < 4.78 is 14.1. The predicted molar refractivity (Wildman–Crippen MR) is 191 cm³/mol. The van der Waals surface area contributed by atoms with Gasteiger partial charge in [-0.25, -0.2) is 0 Å². The fraction of sp³-hybridized carbons (Fsp3) is 0.378. The highest BCUT2D eigenvalue weighted by Gasteiger charge is 2.28. The Hall–Kier alpha value is -5.15. The summed E-state index contributed by atoms with van der Waals surface area (Å²) >= 11 is 0. The van der Waals surface area contributed by atoms with E-state index in [1.54, 1.807) is 36.2 Å². The lowest BCUT2D eigenvalue weighted by molar-refractivity contribution is -0.374. The zero-order valence-corrected chi connectivity index (χ0v) is 28.9. The van der Waals surface area contributed by atoms with Crippen LogP contribution in [0.15, 0.2) is 78.9 Å². The second-order valence-electron chi connectivity index (χ2n) is 11.9. The topological polar surface area (TPSA) is 204 Å². The number of benzene rings is 3. The standard InChI is InChI=1S/C37H48N7O7/c1-26(46)42-32(20-27-11-13-31(14-12-27)30-9-4-3-5-10-30)37(51)43-33(21-35(48)49)36(50)41-23-29-8-6-7-28(19-29)22-40-34(47)24-44(17-15-38-2)18-16-39-25-45/h3-14,19,32-33,38-39H,15-18,20-25H2,1-2H3,(H,40,47)(H,41,50)(H,42,46)(H,43,51)(H,48,49)/q-1/t32-,33-/m0/s1/i25TD/t25?,32-,33-. The van der Waals surface area contributed by atoms with Crippen molar-refractivity contribution in [2.75, 3.05) is 46.5 Å². The predicted octanol–water partition coefficient (Wildman–Crippen LogP) is -0.278. The summed E-state index contributed by atoms with van der Waals surface area (Å²) in [6, 6.07) is 21.8. The lowest BCUT2D eigenvalue weighted by Crippen LogP contribution is -2.54. The van der Waals surface area contributed by atoms with Crippen molar-refractivity contribution in [1.82, 2.24) is 36.8 Å². The molecule has 4 amide bonds.